The van der Waals surface area contributed by atoms with Gasteiger partial charge in [0, 0.05) is 0 Å². The molecule has 0 aliphatic rings. The molecule has 0 saturated heterocycles. The Kier molecular flexibility index (Phi) is 4.03. The third kappa shape index (κ3) is 2.79. The lowest BCUT2D eigenvalue weighted by Crippen LogP contribution is -2.36. The summed E-state index contributed by atoms with van der Waals surface area (Å²) in [5, 5.41) is 0. The molecule has 0 saturated carbocycles. The van der Waals surface area contributed by atoms with Crippen LogP contribution < -0.4 is 20.3 Å². The summed E-state index contributed by atoms with van der Waals surface area (Å²) in [4.78, 5) is 22.9. The Morgan fingerprint density at radius 3 is 2.20 bits per heavy atom. The highest BCUT2D eigenvalue weighted by Crippen LogP contribution is 2.18. The molecule has 104 valence electrons. The number of benzene rings is 1. The van der Waals surface area contributed by atoms with Gasteiger partial charge in [0.1, 0.15) is 5.75 Å². The standard InChI is InChI=1S/C16H16O4/c1-10(2)20-16-13(14(17)15(16)18)9-6-11-4-7-12(19-3)8-5-11/h4-10H,1-3H3/b9-6+. The molecular weight excluding hydrogens is 256 g/mol. The minimum atomic E-state index is -0.548. The molecule has 0 aliphatic heterocycles. The van der Waals surface area contributed by atoms with E-state index in [9.17, 15) is 9.59 Å². The fourth-order valence-electron chi connectivity index (χ4n) is 1.79. The third-order valence-electron chi connectivity index (χ3n) is 2.81. The number of hydrogen-bond donors (Lipinski definition) is 0. The van der Waals surface area contributed by atoms with Crippen LogP contribution in [0.4, 0.5) is 0 Å². The minimum Gasteiger partial charge on any atom is -0.497 e. The Morgan fingerprint density at radius 2 is 1.65 bits per heavy atom. The van der Waals surface area contributed by atoms with E-state index in [1.54, 1.807) is 19.3 Å². The van der Waals surface area contributed by atoms with E-state index in [0.717, 1.165) is 11.3 Å². The first-order chi connectivity index (χ1) is 9.52. The summed E-state index contributed by atoms with van der Waals surface area (Å²) < 4.78 is 10.4. The lowest BCUT2D eigenvalue weighted by Gasteiger charge is -2.12. The van der Waals surface area contributed by atoms with Crippen molar-refractivity contribution in [3.8, 4) is 11.5 Å². The molecule has 2 rings (SSSR count). The maximum atomic E-state index is 11.5. The van der Waals surface area contributed by atoms with Gasteiger partial charge in [-0.25, -0.2) is 0 Å². The molecule has 2 aromatic carbocycles. The summed E-state index contributed by atoms with van der Waals surface area (Å²) >= 11 is 0. The van der Waals surface area contributed by atoms with E-state index in [1.807, 2.05) is 38.1 Å². The van der Waals surface area contributed by atoms with Gasteiger partial charge in [0.2, 0.25) is 5.43 Å². The number of rotatable bonds is 5. The number of methoxy groups -OCH3 is 1. The molecule has 0 aromatic heterocycles. The van der Waals surface area contributed by atoms with E-state index in [0.29, 0.717) is 5.56 Å². The maximum absolute atomic E-state index is 11.5. The van der Waals surface area contributed by atoms with Crippen LogP contribution in [0.1, 0.15) is 25.0 Å². The molecule has 0 N–H and O–H groups in total. The molecular formula is C16H16O4. The summed E-state index contributed by atoms with van der Waals surface area (Å²) in [7, 11) is 1.60. The van der Waals surface area contributed by atoms with Crippen molar-refractivity contribution in [1.82, 2.24) is 0 Å². The zero-order valence-electron chi connectivity index (χ0n) is 11.7. The van der Waals surface area contributed by atoms with E-state index in [4.69, 9.17) is 9.47 Å². The van der Waals surface area contributed by atoms with Crippen molar-refractivity contribution >= 4 is 12.2 Å². The third-order valence-corrected chi connectivity index (χ3v) is 2.81. The predicted molar refractivity (Wildman–Crippen MR) is 79.0 cm³/mol. The molecule has 0 atom stereocenters. The van der Waals surface area contributed by atoms with Gasteiger partial charge in [-0.2, -0.15) is 0 Å². The van der Waals surface area contributed by atoms with Crippen LogP contribution in [0.25, 0.3) is 12.2 Å². The smallest absolute Gasteiger partial charge is 0.268 e. The van der Waals surface area contributed by atoms with Gasteiger partial charge in [-0.1, -0.05) is 18.2 Å². The molecule has 0 aliphatic carbocycles. The van der Waals surface area contributed by atoms with E-state index < -0.39 is 10.9 Å². The summed E-state index contributed by atoms with van der Waals surface area (Å²) in [5.41, 5.74) is 0.201. The first-order valence-corrected chi connectivity index (χ1v) is 6.35. The first-order valence-electron chi connectivity index (χ1n) is 6.35. The summed E-state index contributed by atoms with van der Waals surface area (Å²) in [6.07, 6.45) is 3.25. The molecule has 4 nitrogen and oxygen atoms in total. The second kappa shape index (κ2) is 5.74. The van der Waals surface area contributed by atoms with Crippen LogP contribution in [0.3, 0.4) is 0 Å². The topological polar surface area (TPSA) is 52.6 Å². The average molecular weight is 272 g/mol. The van der Waals surface area contributed by atoms with Gasteiger partial charge in [-0.05, 0) is 37.6 Å². The fraction of sp³-hybridized carbons (Fsp3) is 0.250. The molecule has 0 unspecified atom stereocenters. The van der Waals surface area contributed by atoms with Gasteiger partial charge >= 0.3 is 0 Å². The number of hydrogen-bond acceptors (Lipinski definition) is 4. The van der Waals surface area contributed by atoms with Gasteiger partial charge in [0.05, 0.1) is 18.8 Å². The van der Waals surface area contributed by atoms with E-state index in [-0.39, 0.29) is 11.9 Å². The first kappa shape index (κ1) is 14.1. The monoisotopic (exact) mass is 272 g/mol. The zero-order valence-corrected chi connectivity index (χ0v) is 11.7. The Labute approximate surface area is 117 Å². The van der Waals surface area contributed by atoms with Gasteiger partial charge in [-0.3, -0.25) is 9.59 Å². The van der Waals surface area contributed by atoms with E-state index >= 15 is 0 Å². The van der Waals surface area contributed by atoms with Gasteiger partial charge < -0.3 is 9.47 Å². The average Bonchev–Trinajstić information content (AvgIpc) is 2.46. The van der Waals surface area contributed by atoms with Gasteiger partial charge in [0.15, 0.2) is 5.75 Å². The second-order valence-electron chi connectivity index (χ2n) is 4.67. The van der Waals surface area contributed by atoms with Gasteiger partial charge in [0.25, 0.3) is 5.43 Å². The van der Waals surface area contributed by atoms with Crippen LogP contribution >= 0.6 is 0 Å². The van der Waals surface area contributed by atoms with Crippen molar-refractivity contribution < 1.29 is 9.47 Å². The molecule has 0 fully saturated rings. The molecule has 0 radical (unpaired) electrons. The molecule has 0 spiro atoms. The Morgan fingerprint density at radius 1 is 1.00 bits per heavy atom. The quantitative estimate of drug-likeness (QED) is 0.783. The highest BCUT2D eigenvalue weighted by molar-refractivity contribution is 5.74. The van der Waals surface area contributed by atoms with Crippen molar-refractivity contribution in [2.24, 2.45) is 0 Å². The molecule has 2 aromatic rings. The van der Waals surface area contributed by atoms with Crippen LogP contribution in [-0.2, 0) is 0 Å². The zero-order chi connectivity index (χ0) is 14.7. The highest BCUT2D eigenvalue weighted by atomic mass is 16.5. The predicted octanol–water partition coefficient (Wildman–Crippen LogP) is 2.25. The van der Waals surface area contributed by atoms with Crippen molar-refractivity contribution in [1.29, 1.82) is 0 Å². The minimum absolute atomic E-state index is 0.133. The molecule has 0 amide bonds. The highest BCUT2D eigenvalue weighted by Gasteiger charge is 2.20. The SMILES string of the molecule is COc1ccc(/C=C/c2c(OC(C)C)c(=O)c2=O)cc1. The Bertz CT molecular complexity index is 686. The Balaban J connectivity index is 2.21. The number of ether oxygens (including phenoxy) is 2. The van der Waals surface area contributed by atoms with Crippen molar-refractivity contribution in [3.05, 3.63) is 55.8 Å². The van der Waals surface area contributed by atoms with Crippen molar-refractivity contribution in [3.63, 3.8) is 0 Å². The molecule has 4 heteroatoms. The summed E-state index contributed by atoms with van der Waals surface area (Å²) in [5.74, 6) is 0.926. The lowest BCUT2D eigenvalue weighted by molar-refractivity contribution is 0.236. The second-order valence-corrected chi connectivity index (χ2v) is 4.67. The van der Waals surface area contributed by atoms with Crippen LogP contribution in [0.2, 0.25) is 0 Å². The van der Waals surface area contributed by atoms with E-state index in [2.05, 4.69) is 0 Å². The van der Waals surface area contributed by atoms with Crippen molar-refractivity contribution in [2.45, 2.75) is 20.0 Å². The molecule has 0 bridgehead atoms. The van der Waals surface area contributed by atoms with Crippen LogP contribution in [0.5, 0.6) is 11.5 Å². The summed E-state index contributed by atoms with van der Waals surface area (Å²) in [6, 6.07) is 7.38. The van der Waals surface area contributed by atoms with Crippen molar-refractivity contribution in [2.75, 3.05) is 7.11 Å². The summed E-state index contributed by atoms with van der Waals surface area (Å²) in [6.45, 7) is 3.63. The maximum Gasteiger partial charge on any atom is 0.268 e. The normalized spacial score (nSPS) is 11.4. The van der Waals surface area contributed by atoms with Crippen LogP contribution in [0, 0.1) is 0 Å². The Hall–Kier alpha value is -2.36. The van der Waals surface area contributed by atoms with Crippen LogP contribution in [-0.4, -0.2) is 13.2 Å². The largest absolute Gasteiger partial charge is 0.497 e. The molecule has 20 heavy (non-hydrogen) atoms. The lowest BCUT2D eigenvalue weighted by atomic mass is 10.1. The molecule has 0 heterocycles. The van der Waals surface area contributed by atoms with Crippen LogP contribution in [0.15, 0.2) is 33.9 Å². The fourth-order valence-corrected chi connectivity index (χ4v) is 1.79. The van der Waals surface area contributed by atoms with E-state index in [1.165, 1.54) is 0 Å². The van der Waals surface area contributed by atoms with Gasteiger partial charge in [-0.15, -0.1) is 0 Å².